The van der Waals surface area contributed by atoms with Crippen LogP contribution in [0.25, 0.3) is 0 Å². The van der Waals surface area contributed by atoms with Gasteiger partial charge in [0.15, 0.2) is 6.54 Å². The van der Waals surface area contributed by atoms with Crippen molar-refractivity contribution in [3.63, 3.8) is 0 Å². The molecule has 2 aromatic carbocycles. The summed E-state index contributed by atoms with van der Waals surface area (Å²) in [4.78, 5) is 23.2. The minimum absolute atomic E-state index is 0.0464. The third kappa shape index (κ3) is 4.90. The van der Waals surface area contributed by atoms with Gasteiger partial charge >= 0.3 is 0 Å². The first kappa shape index (κ1) is 19.6. The molecule has 0 aliphatic carbocycles. The Morgan fingerprint density at radius 3 is 2.73 bits per heavy atom. The average molecular weight is 383 g/mol. The summed E-state index contributed by atoms with van der Waals surface area (Å²) in [5.74, 6) is -0.584. The maximum atomic E-state index is 13.8. The Labute approximate surface area is 154 Å². The SMILES string of the molecule is COc1cc([N+](=O)[O-])ccc1NC(=O)C[NH+](C)Cc1c(F)cccc1Cl. The van der Waals surface area contributed by atoms with Gasteiger partial charge in [0, 0.05) is 6.07 Å². The number of nitro groups is 1. The quantitative estimate of drug-likeness (QED) is 0.567. The van der Waals surface area contributed by atoms with Gasteiger partial charge in [0.1, 0.15) is 18.1 Å². The number of nitro benzene ring substituents is 1. The van der Waals surface area contributed by atoms with E-state index in [4.69, 9.17) is 16.3 Å². The van der Waals surface area contributed by atoms with Gasteiger partial charge in [-0.15, -0.1) is 0 Å². The molecule has 0 aromatic heterocycles. The van der Waals surface area contributed by atoms with Gasteiger partial charge in [-0.25, -0.2) is 4.39 Å². The number of methoxy groups -OCH3 is 1. The fourth-order valence-corrected chi connectivity index (χ4v) is 2.66. The number of hydrogen-bond acceptors (Lipinski definition) is 4. The lowest BCUT2D eigenvalue weighted by Crippen LogP contribution is -3.08. The third-order valence-electron chi connectivity index (χ3n) is 3.67. The molecule has 26 heavy (non-hydrogen) atoms. The van der Waals surface area contributed by atoms with Crippen molar-refractivity contribution in [2.75, 3.05) is 26.0 Å². The smallest absolute Gasteiger partial charge is 0.279 e. The van der Waals surface area contributed by atoms with Gasteiger partial charge in [0.2, 0.25) is 0 Å². The summed E-state index contributed by atoms with van der Waals surface area (Å²) in [6, 6.07) is 8.33. The van der Waals surface area contributed by atoms with E-state index in [0.717, 1.165) is 4.90 Å². The number of non-ortho nitro benzene ring substituents is 1. The van der Waals surface area contributed by atoms with Gasteiger partial charge < -0.3 is 15.0 Å². The van der Waals surface area contributed by atoms with Crippen LogP contribution in [0.2, 0.25) is 5.02 Å². The molecule has 0 saturated carbocycles. The van der Waals surface area contributed by atoms with E-state index in [-0.39, 0.29) is 30.4 Å². The number of carbonyl (C=O) groups excluding carboxylic acids is 1. The van der Waals surface area contributed by atoms with E-state index < -0.39 is 10.7 Å². The Bertz CT molecular complexity index is 811. The van der Waals surface area contributed by atoms with Crippen LogP contribution in [-0.2, 0) is 11.3 Å². The molecule has 7 nitrogen and oxygen atoms in total. The molecule has 9 heteroatoms. The van der Waals surface area contributed by atoms with Gasteiger partial charge in [0.25, 0.3) is 11.6 Å². The number of nitrogens with one attached hydrogen (secondary N) is 2. The van der Waals surface area contributed by atoms with Crippen molar-refractivity contribution in [3.8, 4) is 5.75 Å². The molecule has 2 rings (SSSR count). The first-order chi connectivity index (χ1) is 12.3. The molecular formula is C17H18ClFN3O4+. The molecule has 0 saturated heterocycles. The molecule has 0 radical (unpaired) electrons. The van der Waals surface area contributed by atoms with Crippen molar-refractivity contribution in [1.29, 1.82) is 0 Å². The van der Waals surface area contributed by atoms with Crippen LogP contribution in [0.1, 0.15) is 5.56 Å². The second kappa shape index (κ2) is 8.59. The summed E-state index contributed by atoms with van der Waals surface area (Å²) < 4.78 is 18.9. The highest BCUT2D eigenvalue weighted by molar-refractivity contribution is 6.31. The first-order valence-electron chi connectivity index (χ1n) is 7.68. The Morgan fingerprint density at radius 2 is 2.12 bits per heavy atom. The van der Waals surface area contributed by atoms with Gasteiger partial charge in [-0.1, -0.05) is 17.7 Å². The Morgan fingerprint density at radius 1 is 1.38 bits per heavy atom. The van der Waals surface area contributed by atoms with Crippen LogP contribution < -0.4 is 15.0 Å². The normalized spacial score (nSPS) is 11.7. The molecule has 0 heterocycles. The second-order valence-corrected chi connectivity index (χ2v) is 6.11. The van der Waals surface area contributed by atoms with E-state index in [0.29, 0.717) is 16.3 Å². The summed E-state index contributed by atoms with van der Waals surface area (Å²) in [7, 11) is 3.09. The minimum atomic E-state index is -0.551. The Kier molecular flexibility index (Phi) is 6.48. The molecule has 0 aliphatic rings. The predicted octanol–water partition coefficient (Wildman–Crippen LogP) is 2.05. The maximum absolute atomic E-state index is 13.8. The van der Waals surface area contributed by atoms with E-state index in [9.17, 15) is 19.3 Å². The van der Waals surface area contributed by atoms with E-state index >= 15 is 0 Å². The zero-order valence-electron chi connectivity index (χ0n) is 14.2. The van der Waals surface area contributed by atoms with Crippen LogP contribution >= 0.6 is 11.6 Å². The van der Waals surface area contributed by atoms with Crippen LogP contribution in [-0.4, -0.2) is 31.5 Å². The predicted molar refractivity (Wildman–Crippen MR) is 95.1 cm³/mol. The molecule has 2 N–H and O–H groups in total. The lowest BCUT2D eigenvalue weighted by Gasteiger charge is -2.16. The lowest BCUT2D eigenvalue weighted by molar-refractivity contribution is -0.885. The first-order valence-corrected chi connectivity index (χ1v) is 8.06. The van der Waals surface area contributed by atoms with E-state index in [1.807, 2.05) is 0 Å². The number of rotatable bonds is 7. The third-order valence-corrected chi connectivity index (χ3v) is 4.03. The van der Waals surface area contributed by atoms with Gasteiger partial charge in [0.05, 0.1) is 41.4 Å². The number of halogens is 2. The summed E-state index contributed by atoms with van der Waals surface area (Å²) in [5.41, 5.74) is 0.518. The zero-order valence-corrected chi connectivity index (χ0v) is 15.0. The highest BCUT2D eigenvalue weighted by Crippen LogP contribution is 2.28. The van der Waals surface area contributed by atoms with Gasteiger partial charge in [-0.3, -0.25) is 14.9 Å². The number of amides is 1. The van der Waals surface area contributed by atoms with E-state index in [1.54, 1.807) is 13.1 Å². The Hall–Kier alpha value is -2.71. The lowest BCUT2D eigenvalue weighted by atomic mass is 10.2. The van der Waals surface area contributed by atoms with Crippen LogP contribution in [0, 0.1) is 15.9 Å². The van der Waals surface area contributed by atoms with Crippen LogP contribution in [0.3, 0.4) is 0 Å². The molecular weight excluding hydrogens is 365 g/mol. The molecule has 0 bridgehead atoms. The summed E-state index contributed by atoms with van der Waals surface area (Å²) >= 11 is 5.99. The highest BCUT2D eigenvalue weighted by atomic mass is 35.5. The fraction of sp³-hybridized carbons (Fsp3) is 0.235. The Balaban J connectivity index is 2.03. The van der Waals surface area contributed by atoms with Gasteiger partial charge in [-0.05, 0) is 18.2 Å². The molecule has 1 amide bonds. The van der Waals surface area contributed by atoms with Crippen molar-refractivity contribution in [3.05, 3.63) is 62.9 Å². The molecule has 0 fully saturated rings. The standard InChI is InChI=1S/C17H17ClFN3O4/c1-21(9-12-13(18)4-3-5-14(12)19)10-17(23)20-15-7-6-11(22(24)25)8-16(15)26-2/h3-8H,9-10H2,1-2H3,(H,20,23)/p+1. The highest BCUT2D eigenvalue weighted by Gasteiger charge is 2.18. The van der Waals surface area contributed by atoms with Crippen LogP contribution in [0.15, 0.2) is 36.4 Å². The zero-order chi connectivity index (χ0) is 19.3. The van der Waals surface area contributed by atoms with Crippen LogP contribution in [0.4, 0.5) is 15.8 Å². The number of nitrogens with zero attached hydrogens (tertiary/aromatic N) is 1. The van der Waals surface area contributed by atoms with Crippen molar-refractivity contribution < 1.29 is 23.7 Å². The molecule has 138 valence electrons. The average Bonchev–Trinajstić information content (AvgIpc) is 2.58. The fourth-order valence-electron chi connectivity index (χ4n) is 2.43. The van der Waals surface area contributed by atoms with Crippen molar-refractivity contribution in [2.24, 2.45) is 0 Å². The largest absolute Gasteiger partial charge is 0.494 e. The number of ether oxygens (including phenoxy) is 1. The van der Waals surface area contributed by atoms with Crippen molar-refractivity contribution >= 4 is 28.9 Å². The monoisotopic (exact) mass is 382 g/mol. The number of likely N-dealkylation sites (N-methyl/N-ethyl adjacent to an activating group) is 1. The maximum Gasteiger partial charge on any atom is 0.279 e. The van der Waals surface area contributed by atoms with E-state index in [2.05, 4.69) is 5.32 Å². The minimum Gasteiger partial charge on any atom is -0.494 e. The molecule has 1 atom stereocenters. The van der Waals surface area contributed by atoms with Crippen molar-refractivity contribution in [1.82, 2.24) is 0 Å². The van der Waals surface area contributed by atoms with Crippen molar-refractivity contribution in [2.45, 2.75) is 6.54 Å². The molecule has 0 spiro atoms. The van der Waals surface area contributed by atoms with E-state index in [1.165, 1.54) is 37.4 Å². The number of benzene rings is 2. The number of quaternary nitrogens is 1. The number of anilines is 1. The molecule has 2 aromatic rings. The number of hydrogen-bond donors (Lipinski definition) is 2. The van der Waals surface area contributed by atoms with Crippen LogP contribution in [0.5, 0.6) is 5.75 Å². The second-order valence-electron chi connectivity index (χ2n) is 5.70. The summed E-state index contributed by atoms with van der Waals surface area (Å²) in [6.07, 6.45) is 0. The van der Waals surface area contributed by atoms with Gasteiger partial charge in [-0.2, -0.15) is 0 Å². The topological polar surface area (TPSA) is 85.9 Å². The number of carbonyl (C=O) groups is 1. The summed E-state index contributed by atoms with van der Waals surface area (Å²) in [6.45, 7) is 0.279. The molecule has 0 aliphatic heterocycles. The molecule has 1 unspecified atom stereocenters. The summed E-state index contributed by atoms with van der Waals surface area (Å²) in [5, 5.41) is 13.7.